The van der Waals surface area contributed by atoms with Gasteiger partial charge in [0, 0.05) is 18.0 Å². The van der Waals surface area contributed by atoms with E-state index in [9.17, 15) is 23.6 Å². The van der Waals surface area contributed by atoms with Gasteiger partial charge in [-0.1, -0.05) is 6.08 Å². The van der Waals surface area contributed by atoms with Crippen LogP contribution in [0.5, 0.6) is 0 Å². The van der Waals surface area contributed by atoms with Crippen LogP contribution in [0.15, 0.2) is 43.7 Å². The Bertz CT molecular complexity index is 1000. The molecule has 134 valence electrons. The SMILES string of the molecule is Cc1cn([C@H]2C=C[C@@H](CO)O2)c(=O)[nH]c1=O.O=c1[nH]cc(F)c(=O)[nH]1. The minimum Gasteiger partial charge on any atom is -0.393 e. The highest BCUT2D eigenvalue weighted by atomic mass is 19.1. The first-order valence-corrected chi connectivity index (χ1v) is 7.06. The van der Waals surface area contributed by atoms with Crippen LogP contribution in [0.2, 0.25) is 0 Å². The number of hydrogen-bond acceptors (Lipinski definition) is 6. The molecule has 0 unspecified atom stereocenters. The second-order valence-electron chi connectivity index (χ2n) is 5.03. The number of aromatic nitrogens is 4. The van der Waals surface area contributed by atoms with Crippen molar-refractivity contribution in [3.63, 3.8) is 0 Å². The highest BCUT2D eigenvalue weighted by Crippen LogP contribution is 2.18. The number of H-pyrrole nitrogens is 3. The summed E-state index contributed by atoms with van der Waals surface area (Å²) >= 11 is 0. The summed E-state index contributed by atoms with van der Waals surface area (Å²) in [5.74, 6) is -0.991. The number of aliphatic hydroxyl groups is 1. The molecule has 10 nitrogen and oxygen atoms in total. The molecule has 3 rings (SSSR count). The molecule has 0 spiro atoms. The number of hydrogen-bond donors (Lipinski definition) is 4. The standard InChI is InChI=1S/C10H12N2O4.C4H3FN2O2/c1-6-4-12(10(15)11-9(6)14)8-3-2-7(5-13)16-8;5-2-1-6-4(9)7-3(2)8/h2-4,7-8,13H,5H2,1H3,(H,11,14,15);1H,(H2,6,7,8,9)/t7-,8+;/m0./s1. The first-order chi connectivity index (χ1) is 11.8. The van der Waals surface area contributed by atoms with E-state index in [0.29, 0.717) is 11.8 Å². The largest absolute Gasteiger partial charge is 0.393 e. The van der Waals surface area contributed by atoms with Gasteiger partial charge in [0.15, 0.2) is 6.23 Å². The van der Waals surface area contributed by atoms with E-state index in [1.54, 1.807) is 24.1 Å². The molecule has 0 amide bonds. The lowest BCUT2D eigenvalue weighted by molar-refractivity contribution is -0.0104. The summed E-state index contributed by atoms with van der Waals surface area (Å²) in [6, 6.07) is 0. The monoisotopic (exact) mass is 354 g/mol. The number of rotatable bonds is 2. The Labute approximate surface area is 138 Å². The Morgan fingerprint density at radius 2 is 1.92 bits per heavy atom. The molecule has 4 N–H and O–H groups in total. The normalized spacial score (nSPS) is 18.7. The van der Waals surface area contributed by atoms with E-state index in [2.05, 4.69) is 4.98 Å². The fourth-order valence-corrected chi connectivity index (χ4v) is 1.92. The Balaban J connectivity index is 0.000000212. The maximum absolute atomic E-state index is 12.0. The van der Waals surface area contributed by atoms with Crippen LogP contribution >= 0.6 is 0 Å². The average Bonchev–Trinajstić information content (AvgIpc) is 3.04. The van der Waals surface area contributed by atoms with Gasteiger partial charge in [0.05, 0.1) is 6.61 Å². The van der Waals surface area contributed by atoms with Crippen LogP contribution in [0.25, 0.3) is 0 Å². The molecule has 0 saturated heterocycles. The number of nitrogens with one attached hydrogen (secondary N) is 3. The van der Waals surface area contributed by atoms with Gasteiger partial charge in [-0.15, -0.1) is 0 Å². The Hall–Kier alpha value is -3.05. The summed E-state index contributed by atoms with van der Waals surface area (Å²) in [4.78, 5) is 48.9. The zero-order valence-electron chi connectivity index (χ0n) is 13.0. The molecule has 1 aliphatic rings. The summed E-state index contributed by atoms with van der Waals surface area (Å²) in [6.07, 6.45) is 4.53. The zero-order chi connectivity index (χ0) is 18.6. The van der Waals surface area contributed by atoms with Gasteiger partial charge in [-0.2, -0.15) is 4.39 Å². The van der Waals surface area contributed by atoms with Crippen molar-refractivity contribution in [2.45, 2.75) is 19.3 Å². The van der Waals surface area contributed by atoms with Crippen molar-refractivity contribution >= 4 is 0 Å². The summed E-state index contributed by atoms with van der Waals surface area (Å²) in [5, 5.41) is 8.88. The van der Waals surface area contributed by atoms with Crippen molar-refractivity contribution < 1.29 is 14.2 Å². The maximum Gasteiger partial charge on any atom is 0.330 e. The van der Waals surface area contributed by atoms with Gasteiger partial charge >= 0.3 is 11.4 Å². The van der Waals surface area contributed by atoms with Gasteiger partial charge in [-0.05, 0) is 13.0 Å². The van der Waals surface area contributed by atoms with Gasteiger partial charge in [-0.3, -0.25) is 24.1 Å². The molecule has 2 atom stereocenters. The molecule has 25 heavy (non-hydrogen) atoms. The van der Waals surface area contributed by atoms with E-state index in [1.165, 1.54) is 10.8 Å². The lowest BCUT2D eigenvalue weighted by atomic mass is 10.3. The molecule has 2 aromatic heterocycles. The molecule has 0 aromatic carbocycles. The van der Waals surface area contributed by atoms with Crippen molar-refractivity contribution in [3.05, 3.63) is 77.6 Å². The minimum atomic E-state index is -1.00. The van der Waals surface area contributed by atoms with Crippen LogP contribution in [0.1, 0.15) is 11.8 Å². The number of aliphatic hydroxyl groups excluding tert-OH is 1. The molecule has 0 fully saturated rings. The fraction of sp³-hybridized carbons (Fsp3) is 0.286. The number of aromatic amines is 3. The summed E-state index contributed by atoms with van der Waals surface area (Å²) in [6.45, 7) is 1.47. The third-order valence-corrected chi connectivity index (χ3v) is 3.18. The molecule has 1 aliphatic heterocycles. The Kier molecular flexibility index (Phi) is 5.62. The highest BCUT2D eigenvalue weighted by Gasteiger charge is 2.20. The molecule has 0 aliphatic carbocycles. The van der Waals surface area contributed by atoms with Gasteiger partial charge in [0.2, 0.25) is 5.82 Å². The predicted octanol–water partition coefficient (Wildman–Crippen LogP) is -1.51. The van der Waals surface area contributed by atoms with Gasteiger partial charge in [-0.25, -0.2) is 9.59 Å². The molecular formula is C14H15FN4O6. The van der Waals surface area contributed by atoms with E-state index in [0.717, 1.165) is 0 Å². The van der Waals surface area contributed by atoms with E-state index in [4.69, 9.17) is 9.84 Å². The van der Waals surface area contributed by atoms with Crippen molar-refractivity contribution in [2.75, 3.05) is 6.61 Å². The zero-order valence-corrected chi connectivity index (χ0v) is 13.0. The highest BCUT2D eigenvalue weighted by molar-refractivity contribution is 5.06. The van der Waals surface area contributed by atoms with Crippen LogP contribution in [-0.2, 0) is 4.74 Å². The first kappa shape index (κ1) is 18.3. The van der Waals surface area contributed by atoms with Crippen LogP contribution in [0.3, 0.4) is 0 Å². The number of nitrogens with zero attached hydrogens (tertiary/aromatic N) is 1. The van der Waals surface area contributed by atoms with Crippen molar-refractivity contribution in [2.24, 2.45) is 0 Å². The van der Waals surface area contributed by atoms with Gasteiger partial charge in [0.25, 0.3) is 11.1 Å². The van der Waals surface area contributed by atoms with E-state index in [1.807, 2.05) is 4.98 Å². The third-order valence-electron chi connectivity index (χ3n) is 3.18. The molecule has 2 aromatic rings. The van der Waals surface area contributed by atoms with E-state index in [-0.39, 0.29) is 6.61 Å². The Morgan fingerprint density at radius 1 is 1.20 bits per heavy atom. The molecule has 3 heterocycles. The van der Waals surface area contributed by atoms with Crippen molar-refractivity contribution in [1.29, 1.82) is 0 Å². The topological polar surface area (TPSA) is 150 Å². The first-order valence-electron chi connectivity index (χ1n) is 7.06. The molecule has 0 radical (unpaired) electrons. The van der Waals surface area contributed by atoms with Crippen LogP contribution in [0, 0.1) is 12.7 Å². The fourth-order valence-electron chi connectivity index (χ4n) is 1.92. The van der Waals surface area contributed by atoms with E-state index < -0.39 is 40.6 Å². The molecular weight excluding hydrogens is 339 g/mol. The summed E-state index contributed by atoms with van der Waals surface area (Å²) in [7, 11) is 0. The lowest BCUT2D eigenvalue weighted by Crippen LogP contribution is -2.33. The number of aryl methyl sites for hydroxylation is 1. The molecule has 0 bridgehead atoms. The van der Waals surface area contributed by atoms with Gasteiger partial charge in [0.1, 0.15) is 6.10 Å². The summed E-state index contributed by atoms with van der Waals surface area (Å²) < 4.78 is 18.6. The maximum atomic E-state index is 12.0. The minimum absolute atomic E-state index is 0.135. The second-order valence-corrected chi connectivity index (χ2v) is 5.03. The van der Waals surface area contributed by atoms with Crippen LogP contribution < -0.4 is 22.5 Å². The smallest absolute Gasteiger partial charge is 0.330 e. The average molecular weight is 354 g/mol. The predicted molar refractivity (Wildman–Crippen MR) is 83.8 cm³/mol. The second kappa shape index (κ2) is 7.68. The number of ether oxygens (including phenoxy) is 1. The Morgan fingerprint density at radius 3 is 2.48 bits per heavy atom. The van der Waals surface area contributed by atoms with E-state index >= 15 is 0 Å². The van der Waals surface area contributed by atoms with Gasteiger partial charge < -0.3 is 14.8 Å². The van der Waals surface area contributed by atoms with Crippen LogP contribution in [-0.4, -0.2) is 37.3 Å². The van der Waals surface area contributed by atoms with Crippen molar-refractivity contribution in [1.82, 2.24) is 19.5 Å². The molecule has 0 saturated carbocycles. The quantitative estimate of drug-likeness (QED) is 0.482. The third kappa shape index (κ3) is 4.49. The lowest BCUT2D eigenvalue weighted by Gasteiger charge is -2.14. The summed E-state index contributed by atoms with van der Waals surface area (Å²) in [5.41, 5.74) is -2.20. The number of halogens is 1. The van der Waals surface area contributed by atoms with Crippen LogP contribution in [0.4, 0.5) is 4.39 Å². The van der Waals surface area contributed by atoms with Crippen molar-refractivity contribution in [3.8, 4) is 0 Å². The molecule has 11 heteroatoms.